The molecule has 18 heavy (non-hydrogen) atoms. The van der Waals surface area contributed by atoms with Crippen molar-refractivity contribution in [3.63, 3.8) is 0 Å². The smallest absolute Gasteiger partial charge is 0.332 e. The maximum atomic E-state index is 11.7. The minimum atomic E-state index is -1.35. The van der Waals surface area contributed by atoms with Gasteiger partial charge in [-0.2, -0.15) is 0 Å². The normalized spacial score (nSPS) is 17.7. The number of carbonyl (C=O) groups is 4. The van der Waals surface area contributed by atoms with Crippen molar-refractivity contribution >= 4 is 23.8 Å². The molecule has 1 atom stereocenters. The largest absolute Gasteiger partial charge is 0.480 e. The van der Waals surface area contributed by atoms with Gasteiger partial charge in [-0.25, -0.2) is 9.59 Å². The van der Waals surface area contributed by atoms with E-state index in [2.05, 4.69) is 0 Å². The van der Waals surface area contributed by atoms with Crippen LogP contribution in [0.25, 0.3) is 0 Å². The minimum Gasteiger partial charge on any atom is -0.480 e. The Hall–Kier alpha value is -2.18. The summed E-state index contributed by atoms with van der Waals surface area (Å²) >= 11 is 0. The molecule has 7 nitrogen and oxygen atoms in total. The van der Waals surface area contributed by atoms with Crippen molar-refractivity contribution in [2.24, 2.45) is 5.92 Å². The highest BCUT2D eigenvalue weighted by Crippen LogP contribution is 2.20. The number of aliphatic carboxylic acids is 2. The summed E-state index contributed by atoms with van der Waals surface area (Å²) in [6.45, 7) is 3.13. The van der Waals surface area contributed by atoms with Crippen LogP contribution in [0, 0.1) is 5.92 Å². The summed E-state index contributed by atoms with van der Waals surface area (Å²) in [6.07, 6.45) is 0.319. The van der Waals surface area contributed by atoms with Crippen LogP contribution in [0.3, 0.4) is 0 Å². The molecule has 7 heteroatoms. The number of rotatable bonds is 4. The molecule has 2 N–H and O–H groups in total. The van der Waals surface area contributed by atoms with Crippen LogP contribution in [0.15, 0.2) is 11.6 Å². The first kappa shape index (κ1) is 13.9. The van der Waals surface area contributed by atoms with Crippen LogP contribution >= 0.6 is 0 Å². The van der Waals surface area contributed by atoms with Crippen LogP contribution in [0.5, 0.6) is 0 Å². The van der Waals surface area contributed by atoms with Gasteiger partial charge in [-0.1, -0.05) is 13.8 Å². The van der Waals surface area contributed by atoms with E-state index < -0.39 is 42.1 Å². The molecule has 0 saturated heterocycles. The number of carboxylic acid groups (broad SMARTS) is 2. The second-order valence-electron chi connectivity index (χ2n) is 4.28. The molecule has 0 saturated carbocycles. The summed E-state index contributed by atoms with van der Waals surface area (Å²) in [5.74, 6) is -4.81. The summed E-state index contributed by atoms with van der Waals surface area (Å²) in [6, 6.07) is -1.28. The summed E-state index contributed by atoms with van der Waals surface area (Å²) in [4.78, 5) is 45.7. The molecular formula is C11H13NO6. The Balaban J connectivity index is 3.12. The van der Waals surface area contributed by atoms with Crippen molar-refractivity contribution in [2.75, 3.05) is 0 Å². The topological polar surface area (TPSA) is 112 Å². The average molecular weight is 255 g/mol. The van der Waals surface area contributed by atoms with Gasteiger partial charge in [-0.05, 0) is 5.92 Å². The monoisotopic (exact) mass is 255 g/mol. The summed E-state index contributed by atoms with van der Waals surface area (Å²) < 4.78 is 0. The van der Waals surface area contributed by atoms with Crippen molar-refractivity contribution < 1.29 is 29.4 Å². The number of hydrogen-bond acceptors (Lipinski definition) is 4. The Bertz CT molecular complexity index is 450. The predicted octanol–water partition coefficient (Wildman–Crippen LogP) is -0.134. The fourth-order valence-corrected chi connectivity index (χ4v) is 1.76. The van der Waals surface area contributed by atoms with Gasteiger partial charge in [0.1, 0.15) is 6.04 Å². The van der Waals surface area contributed by atoms with Crippen LogP contribution < -0.4 is 0 Å². The Morgan fingerprint density at radius 3 is 2.17 bits per heavy atom. The standard InChI is InChI=1S/C11H13NO6/c1-5(2)9(11(17)18)12-7(13)3-6(10(15)16)4-8(12)14/h3,5,9H,4H2,1-2H3,(H,15,16)(H,17,18). The van der Waals surface area contributed by atoms with Crippen LogP contribution in [-0.4, -0.2) is 44.9 Å². The molecule has 1 aliphatic heterocycles. The molecule has 1 heterocycles. The van der Waals surface area contributed by atoms with Gasteiger partial charge in [0.05, 0.1) is 12.0 Å². The molecule has 0 aliphatic carbocycles. The number of carbonyl (C=O) groups excluding carboxylic acids is 2. The van der Waals surface area contributed by atoms with Gasteiger partial charge in [-0.3, -0.25) is 14.5 Å². The Morgan fingerprint density at radius 1 is 1.28 bits per heavy atom. The van der Waals surface area contributed by atoms with Gasteiger partial charge in [0, 0.05) is 6.08 Å². The first-order valence-electron chi connectivity index (χ1n) is 5.28. The van der Waals surface area contributed by atoms with Gasteiger partial charge in [0.25, 0.3) is 5.91 Å². The summed E-state index contributed by atoms with van der Waals surface area (Å²) in [5.41, 5.74) is -0.325. The molecule has 0 bridgehead atoms. The highest BCUT2D eigenvalue weighted by atomic mass is 16.4. The molecule has 0 aromatic heterocycles. The van der Waals surface area contributed by atoms with Crippen LogP contribution in [0.2, 0.25) is 0 Å². The Morgan fingerprint density at radius 2 is 1.83 bits per heavy atom. The van der Waals surface area contributed by atoms with Gasteiger partial charge in [0.15, 0.2) is 0 Å². The number of hydrogen-bond donors (Lipinski definition) is 2. The first-order chi connectivity index (χ1) is 8.25. The van der Waals surface area contributed by atoms with Gasteiger partial charge in [-0.15, -0.1) is 0 Å². The van der Waals surface area contributed by atoms with Crippen molar-refractivity contribution in [2.45, 2.75) is 26.3 Å². The summed E-state index contributed by atoms with van der Waals surface area (Å²) in [5, 5.41) is 17.7. The van der Waals surface area contributed by atoms with E-state index in [0.717, 1.165) is 6.08 Å². The third-order valence-electron chi connectivity index (χ3n) is 2.58. The second-order valence-corrected chi connectivity index (χ2v) is 4.28. The zero-order valence-corrected chi connectivity index (χ0v) is 9.91. The molecule has 98 valence electrons. The molecule has 1 unspecified atom stereocenters. The maximum absolute atomic E-state index is 11.7. The average Bonchev–Trinajstić information content (AvgIpc) is 2.21. The Kier molecular flexibility index (Phi) is 3.85. The molecule has 2 amide bonds. The third kappa shape index (κ3) is 2.55. The van der Waals surface area contributed by atoms with E-state index in [1.165, 1.54) is 0 Å². The van der Waals surface area contributed by atoms with Crippen molar-refractivity contribution in [1.82, 2.24) is 4.90 Å². The number of carboxylic acids is 2. The highest BCUT2D eigenvalue weighted by molar-refractivity contribution is 6.12. The lowest BCUT2D eigenvalue weighted by atomic mass is 9.98. The van der Waals surface area contributed by atoms with Crippen LogP contribution in [0.4, 0.5) is 0 Å². The van der Waals surface area contributed by atoms with E-state index >= 15 is 0 Å². The van der Waals surface area contributed by atoms with Crippen molar-refractivity contribution in [3.05, 3.63) is 11.6 Å². The SMILES string of the molecule is CC(C)C(C(=O)O)N1C(=O)C=C(C(=O)O)CC1=O. The fraction of sp³-hybridized carbons (Fsp3) is 0.455. The van der Waals surface area contributed by atoms with E-state index in [0.29, 0.717) is 4.90 Å². The van der Waals surface area contributed by atoms with Crippen LogP contribution in [-0.2, 0) is 19.2 Å². The third-order valence-corrected chi connectivity index (χ3v) is 2.58. The molecular weight excluding hydrogens is 242 g/mol. The lowest BCUT2D eigenvalue weighted by Crippen LogP contribution is -2.52. The zero-order valence-electron chi connectivity index (χ0n) is 9.91. The lowest BCUT2D eigenvalue weighted by molar-refractivity contribution is -0.159. The fourth-order valence-electron chi connectivity index (χ4n) is 1.76. The van der Waals surface area contributed by atoms with Crippen molar-refractivity contribution in [3.8, 4) is 0 Å². The molecule has 0 aromatic rings. The molecule has 0 fully saturated rings. The quantitative estimate of drug-likeness (QED) is 0.676. The number of nitrogens with zero attached hydrogens (tertiary/aromatic N) is 1. The number of amides is 2. The van der Waals surface area contributed by atoms with Crippen molar-refractivity contribution in [1.29, 1.82) is 0 Å². The zero-order chi connectivity index (χ0) is 14.0. The lowest BCUT2D eigenvalue weighted by Gasteiger charge is -2.31. The predicted molar refractivity (Wildman–Crippen MR) is 58.5 cm³/mol. The van der Waals surface area contributed by atoms with Gasteiger partial charge < -0.3 is 10.2 Å². The Labute approximate surface area is 103 Å². The number of imide groups is 1. The summed E-state index contributed by atoms with van der Waals surface area (Å²) in [7, 11) is 0. The van der Waals surface area contributed by atoms with Gasteiger partial charge in [0.2, 0.25) is 5.91 Å². The first-order valence-corrected chi connectivity index (χ1v) is 5.28. The minimum absolute atomic E-state index is 0.325. The molecule has 0 radical (unpaired) electrons. The van der Waals surface area contributed by atoms with E-state index in [1.54, 1.807) is 13.8 Å². The maximum Gasteiger partial charge on any atom is 0.332 e. The molecule has 1 aliphatic rings. The second kappa shape index (κ2) is 4.99. The van der Waals surface area contributed by atoms with E-state index in [9.17, 15) is 19.2 Å². The molecule has 0 spiro atoms. The van der Waals surface area contributed by atoms with E-state index in [4.69, 9.17) is 10.2 Å². The molecule has 0 aromatic carbocycles. The van der Waals surface area contributed by atoms with Crippen LogP contribution in [0.1, 0.15) is 20.3 Å². The van der Waals surface area contributed by atoms with E-state index in [-0.39, 0.29) is 5.57 Å². The van der Waals surface area contributed by atoms with Gasteiger partial charge >= 0.3 is 11.9 Å². The highest BCUT2D eigenvalue weighted by Gasteiger charge is 2.39. The molecule has 1 rings (SSSR count). The van der Waals surface area contributed by atoms with E-state index in [1.807, 2.05) is 0 Å².